The summed E-state index contributed by atoms with van der Waals surface area (Å²) >= 11 is 0. The Morgan fingerprint density at radius 3 is 3.06 bits per heavy atom. The van der Waals surface area contributed by atoms with Gasteiger partial charge in [-0.1, -0.05) is 5.16 Å². The van der Waals surface area contributed by atoms with Gasteiger partial charge in [-0.05, 0) is 14.0 Å². The minimum absolute atomic E-state index is 0.176. The van der Waals surface area contributed by atoms with Gasteiger partial charge in [0.15, 0.2) is 11.5 Å². The average Bonchev–Trinajstić information content (AvgIpc) is 2.76. The van der Waals surface area contributed by atoms with Crippen molar-refractivity contribution in [3.8, 4) is 0 Å². The highest BCUT2D eigenvalue weighted by Gasteiger charge is 2.15. The van der Waals surface area contributed by atoms with E-state index >= 15 is 0 Å². The number of nitrogens with two attached hydrogens (primary N) is 1. The fourth-order valence-electron chi connectivity index (χ4n) is 1.34. The number of hydrogen-bond donors (Lipinski definition) is 2. The number of nitrogens with zero attached hydrogens (tertiary/aromatic N) is 2. The Bertz CT molecular complexity index is 366. The van der Waals surface area contributed by atoms with Crippen molar-refractivity contribution in [3.05, 3.63) is 17.5 Å². The maximum Gasteiger partial charge on any atom is 0.287 e. The van der Waals surface area contributed by atoms with Gasteiger partial charge in [-0.25, -0.2) is 5.84 Å². The second-order valence-corrected chi connectivity index (χ2v) is 3.87. The van der Waals surface area contributed by atoms with Gasteiger partial charge in [-0.3, -0.25) is 15.1 Å². The van der Waals surface area contributed by atoms with Crippen LogP contribution in [0.4, 0.5) is 0 Å². The summed E-state index contributed by atoms with van der Waals surface area (Å²) in [6.45, 7) is 3.21. The molecule has 1 aromatic rings. The molecule has 0 saturated heterocycles. The molecular weight excluding hydrogens is 224 g/mol. The predicted molar refractivity (Wildman–Crippen MR) is 61.0 cm³/mol. The molecule has 0 aliphatic heterocycles. The molecule has 1 atom stereocenters. The van der Waals surface area contributed by atoms with E-state index in [1.165, 1.54) is 0 Å². The molecule has 96 valence electrons. The summed E-state index contributed by atoms with van der Waals surface area (Å²) < 4.78 is 10.1. The van der Waals surface area contributed by atoms with E-state index in [0.717, 1.165) is 0 Å². The lowest BCUT2D eigenvalue weighted by Crippen LogP contribution is -2.32. The number of likely N-dealkylation sites (N-methyl/N-ethyl adjacent to an activating group) is 1. The third-order valence-electron chi connectivity index (χ3n) is 2.49. The first kappa shape index (κ1) is 13.6. The topological polar surface area (TPSA) is 93.6 Å². The van der Waals surface area contributed by atoms with Crippen LogP contribution in [0, 0.1) is 0 Å². The van der Waals surface area contributed by atoms with Gasteiger partial charge in [-0.2, -0.15) is 0 Å². The summed E-state index contributed by atoms with van der Waals surface area (Å²) in [6, 6.07) is 1.81. The van der Waals surface area contributed by atoms with E-state index in [0.29, 0.717) is 18.9 Å². The zero-order valence-electron chi connectivity index (χ0n) is 10.3. The molecule has 3 N–H and O–H groups in total. The Kier molecular flexibility index (Phi) is 5.08. The van der Waals surface area contributed by atoms with Crippen molar-refractivity contribution in [2.24, 2.45) is 5.84 Å². The van der Waals surface area contributed by atoms with E-state index in [4.69, 9.17) is 15.1 Å². The second-order valence-electron chi connectivity index (χ2n) is 3.87. The van der Waals surface area contributed by atoms with Crippen molar-refractivity contribution in [1.82, 2.24) is 15.5 Å². The molecule has 0 spiro atoms. The van der Waals surface area contributed by atoms with Crippen LogP contribution in [-0.4, -0.2) is 42.8 Å². The van der Waals surface area contributed by atoms with Crippen LogP contribution in [0.25, 0.3) is 0 Å². The van der Waals surface area contributed by atoms with E-state index in [1.54, 1.807) is 13.2 Å². The standard InChI is InChI=1S/C10H18N4O3/c1-7(6-16-3)14(2)5-8-4-9(13-17-8)10(15)12-11/h4,7H,5-6,11H2,1-3H3,(H,12,15). The van der Waals surface area contributed by atoms with E-state index < -0.39 is 5.91 Å². The van der Waals surface area contributed by atoms with Gasteiger partial charge in [0.2, 0.25) is 0 Å². The number of nitrogens with one attached hydrogen (secondary N) is 1. The summed E-state index contributed by atoms with van der Waals surface area (Å²) in [6.07, 6.45) is 0. The van der Waals surface area contributed by atoms with Crippen molar-refractivity contribution in [2.45, 2.75) is 19.5 Å². The van der Waals surface area contributed by atoms with Crippen LogP contribution in [0.3, 0.4) is 0 Å². The minimum Gasteiger partial charge on any atom is -0.383 e. The molecule has 0 radical (unpaired) electrons. The predicted octanol–water partition coefficient (Wildman–Crippen LogP) is -0.255. The molecule has 17 heavy (non-hydrogen) atoms. The molecule has 7 nitrogen and oxygen atoms in total. The second kappa shape index (κ2) is 6.33. The van der Waals surface area contributed by atoms with Crippen LogP contribution in [0.2, 0.25) is 0 Å². The van der Waals surface area contributed by atoms with Crippen molar-refractivity contribution in [1.29, 1.82) is 0 Å². The Labute approximate surface area is 99.8 Å². The van der Waals surface area contributed by atoms with Gasteiger partial charge in [-0.15, -0.1) is 0 Å². The molecule has 0 saturated carbocycles. The first-order valence-corrected chi connectivity index (χ1v) is 5.24. The maximum atomic E-state index is 11.2. The minimum atomic E-state index is -0.465. The van der Waals surface area contributed by atoms with Gasteiger partial charge in [0.25, 0.3) is 5.91 Å². The molecular formula is C10H18N4O3. The van der Waals surface area contributed by atoms with Gasteiger partial charge in [0.1, 0.15) is 0 Å². The first-order valence-electron chi connectivity index (χ1n) is 5.24. The number of amides is 1. The number of methoxy groups -OCH3 is 1. The lowest BCUT2D eigenvalue weighted by atomic mass is 10.3. The third-order valence-corrected chi connectivity index (χ3v) is 2.49. The van der Waals surface area contributed by atoms with E-state index in [-0.39, 0.29) is 11.7 Å². The number of carbonyl (C=O) groups is 1. The summed E-state index contributed by atoms with van der Waals surface area (Å²) in [5.41, 5.74) is 2.17. The van der Waals surface area contributed by atoms with Gasteiger partial charge in [0.05, 0.1) is 13.2 Å². The normalized spacial score (nSPS) is 12.8. The largest absolute Gasteiger partial charge is 0.383 e. The SMILES string of the molecule is COCC(C)N(C)Cc1cc(C(=O)NN)no1. The van der Waals surface area contributed by atoms with Crippen LogP contribution in [0.15, 0.2) is 10.6 Å². The molecule has 0 bridgehead atoms. The molecule has 1 aromatic heterocycles. The smallest absolute Gasteiger partial charge is 0.287 e. The number of nitrogen functional groups attached to an aromatic ring is 1. The van der Waals surface area contributed by atoms with Crippen LogP contribution >= 0.6 is 0 Å². The molecule has 1 unspecified atom stereocenters. The Morgan fingerprint density at radius 1 is 1.76 bits per heavy atom. The number of hydrogen-bond acceptors (Lipinski definition) is 6. The molecule has 7 heteroatoms. The van der Waals surface area contributed by atoms with Gasteiger partial charge in [0, 0.05) is 19.2 Å². The molecule has 0 aromatic carbocycles. The van der Waals surface area contributed by atoms with Crippen LogP contribution < -0.4 is 11.3 Å². The van der Waals surface area contributed by atoms with Crippen molar-refractivity contribution in [2.75, 3.05) is 20.8 Å². The highest BCUT2D eigenvalue weighted by Crippen LogP contribution is 2.08. The fraction of sp³-hybridized carbons (Fsp3) is 0.600. The lowest BCUT2D eigenvalue weighted by molar-refractivity contribution is 0.0943. The number of ether oxygens (including phenoxy) is 1. The number of hydrazine groups is 1. The summed E-state index contributed by atoms with van der Waals surface area (Å²) in [5.74, 6) is 5.13. The highest BCUT2D eigenvalue weighted by atomic mass is 16.5. The summed E-state index contributed by atoms with van der Waals surface area (Å²) in [4.78, 5) is 13.2. The molecule has 0 aliphatic rings. The maximum absolute atomic E-state index is 11.2. The van der Waals surface area contributed by atoms with Gasteiger partial charge < -0.3 is 9.26 Å². The van der Waals surface area contributed by atoms with E-state index in [1.807, 2.05) is 24.3 Å². The van der Waals surface area contributed by atoms with Crippen molar-refractivity contribution in [3.63, 3.8) is 0 Å². The number of aromatic nitrogens is 1. The average molecular weight is 242 g/mol. The molecule has 1 amide bonds. The Morgan fingerprint density at radius 2 is 2.47 bits per heavy atom. The first-order chi connectivity index (χ1) is 8.08. The van der Waals surface area contributed by atoms with Gasteiger partial charge >= 0.3 is 0 Å². The zero-order chi connectivity index (χ0) is 12.8. The van der Waals surface area contributed by atoms with Crippen molar-refractivity contribution < 1.29 is 14.1 Å². The van der Waals surface area contributed by atoms with Crippen LogP contribution in [0.5, 0.6) is 0 Å². The Balaban J connectivity index is 2.57. The zero-order valence-corrected chi connectivity index (χ0v) is 10.3. The van der Waals surface area contributed by atoms with E-state index in [9.17, 15) is 4.79 Å². The molecule has 1 rings (SSSR count). The molecule has 0 fully saturated rings. The Hall–Kier alpha value is -1.44. The molecule has 0 aliphatic carbocycles. The monoisotopic (exact) mass is 242 g/mol. The van der Waals surface area contributed by atoms with Crippen molar-refractivity contribution >= 4 is 5.91 Å². The summed E-state index contributed by atoms with van der Waals surface area (Å²) in [7, 11) is 3.59. The number of rotatable bonds is 6. The highest BCUT2D eigenvalue weighted by molar-refractivity contribution is 5.91. The fourth-order valence-corrected chi connectivity index (χ4v) is 1.34. The number of carbonyl (C=O) groups excluding carboxylic acids is 1. The van der Waals surface area contributed by atoms with E-state index in [2.05, 4.69) is 5.16 Å². The van der Waals surface area contributed by atoms with Crippen LogP contribution in [-0.2, 0) is 11.3 Å². The van der Waals surface area contributed by atoms with Crippen LogP contribution in [0.1, 0.15) is 23.2 Å². The summed E-state index contributed by atoms with van der Waals surface area (Å²) in [5, 5.41) is 3.62. The lowest BCUT2D eigenvalue weighted by Gasteiger charge is -2.22. The quantitative estimate of drug-likeness (QED) is 0.406. The molecule has 1 heterocycles. The third kappa shape index (κ3) is 3.81.